The average Bonchev–Trinajstić information content (AvgIpc) is 3.40. The van der Waals surface area contributed by atoms with Crippen molar-refractivity contribution in [1.82, 2.24) is 19.2 Å². The van der Waals surface area contributed by atoms with Gasteiger partial charge in [0.2, 0.25) is 5.91 Å². The first-order valence-electron chi connectivity index (χ1n) is 12.1. The second-order valence-electron chi connectivity index (χ2n) is 10.0. The van der Waals surface area contributed by atoms with Crippen molar-refractivity contribution < 1.29 is 14.6 Å². The molecule has 1 atom stereocenters. The van der Waals surface area contributed by atoms with E-state index in [1.54, 1.807) is 35.8 Å². The second-order valence-corrected chi connectivity index (χ2v) is 12.3. The van der Waals surface area contributed by atoms with Gasteiger partial charge in [-0.25, -0.2) is 4.98 Å². The van der Waals surface area contributed by atoms with E-state index in [4.69, 9.17) is 16.3 Å². The number of ether oxygens (including phenoxy) is 1. The molecule has 3 aromatic heterocycles. The molecule has 1 aromatic carbocycles. The van der Waals surface area contributed by atoms with E-state index in [9.17, 15) is 9.90 Å². The fraction of sp³-hybridized carbons (Fsp3) is 0.370. The van der Waals surface area contributed by atoms with Gasteiger partial charge in [0.05, 0.1) is 29.8 Å². The summed E-state index contributed by atoms with van der Waals surface area (Å²) in [6.45, 7) is 8.85. The maximum atomic E-state index is 12.7. The lowest BCUT2D eigenvalue weighted by atomic mass is 10.1. The maximum Gasteiger partial charge on any atom is 0.229 e. The summed E-state index contributed by atoms with van der Waals surface area (Å²) < 4.78 is 9.65. The quantitative estimate of drug-likeness (QED) is 0.273. The lowest BCUT2D eigenvalue weighted by molar-refractivity contribution is -0.115. The van der Waals surface area contributed by atoms with E-state index >= 15 is 0 Å². The van der Waals surface area contributed by atoms with Crippen molar-refractivity contribution in [3.8, 4) is 17.1 Å². The fourth-order valence-electron chi connectivity index (χ4n) is 3.69. The first kappa shape index (κ1) is 27.0. The number of aliphatic hydroxyl groups is 1. The molecule has 0 saturated carbocycles. The summed E-state index contributed by atoms with van der Waals surface area (Å²) in [6.07, 6.45) is 3.94. The van der Waals surface area contributed by atoms with E-state index < -0.39 is 0 Å². The van der Waals surface area contributed by atoms with E-state index in [0.29, 0.717) is 23.1 Å². The van der Waals surface area contributed by atoms with Gasteiger partial charge in [-0.05, 0) is 11.6 Å². The van der Waals surface area contributed by atoms with Crippen LogP contribution in [0.2, 0.25) is 5.02 Å². The third-order valence-corrected chi connectivity index (χ3v) is 7.05. The lowest BCUT2D eigenvalue weighted by Crippen LogP contribution is -2.16. The number of aliphatic hydroxyl groups excluding tert-OH is 1. The molecule has 4 aromatic rings. The first-order valence-corrected chi connectivity index (χ1v) is 13.2. The van der Waals surface area contributed by atoms with Crippen LogP contribution in [0.4, 0.5) is 5.82 Å². The summed E-state index contributed by atoms with van der Waals surface area (Å²) in [5.74, 6) is 1.16. The Balaban J connectivity index is 1.62. The minimum absolute atomic E-state index is 0.0269. The van der Waals surface area contributed by atoms with E-state index in [1.165, 1.54) is 0 Å². The number of hydrogen-bond donors (Lipinski definition) is 2. The molecule has 10 heteroatoms. The highest BCUT2D eigenvalue weighted by Crippen LogP contribution is 2.39. The molecule has 1 amide bonds. The van der Waals surface area contributed by atoms with Gasteiger partial charge >= 0.3 is 0 Å². The van der Waals surface area contributed by atoms with Crippen LogP contribution in [0.1, 0.15) is 33.3 Å². The van der Waals surface area contributed by atoms with Crippen molar-refractivity contribution in [2.75, 3.05) is 18.5 Å². The average molecular weight is 542 g/mol. The van der Waals surface area contributed by atoms with Crippen LogP contribution in [-0.2, 0) is 18.3 Å². The third kappa shape index (κ3) is 6.66. The van der Waals surface area contributed by atoms with Crippen LogP contribution in [0.25, 0.3) is 17.0 Å². The van der Waals surface area contributed by atoms with Crippen molar-refractivity contribution in [1.29, 1.82) is 0 Å². The number of pyridine rings is 1. The smallest absolute Gasteiger partial charge is 0.229 e. The zero-order chi connectivity index (χ0) is 26.7. The van der Waals surface area contributed by atoms with Crippen LogP contribution >= 0.6 is 23.4 Å². The number of amides is 1. The highest BCUT2D eigenvalue weighted by molar-refractivity contribution is 8.00. The van der Waals surface area contributed by atoms with Crippen LogP contribution in [0.3, 0.4) is 0 Å². The number of benzene rings is 1. The Morgan fingerprint density at radius 1 is 1.27 bits per heavy atom. The molecule has 8 nitrogen and oxygen atoms in total. The summed E-state index contributed by atoms with van der Waals surface area (Å²) in [4.78, 5) is 18.2. The van der Waals surface area contributed by atoms with Crippen molar-refractivity contribution in [2.45, 2.75) is 43.8 Å². The molecule has 196 valence electrons. The number of thioether (sulfide) groups is 1. The molecule has 0 unspecified atom stereocenters. The van der Waals surface area contributed by atoms with E-state index in [0.717, 1.165) is 27.5 Å². The summed E-state index contributed by atoms with van der Waals surface area (Å²) in [6, 6.07) is 11.0. The van der Waals surface area contributed by atoms with Gasteiger partial charge in [-0.15, -0.1) is 11.8 Å². The molecule has 0 aliphatic heterocycles. The van der Waals surface area contributed by atoms with Crippen LogP contribution in [-0.4, -0.2) is 48.1 Å². The molecule has 0 aliphatic rings. The van der Waals surface area contributed by atoms with Gasteiger partial charge in [0.25, 0.3) is 0 Å². The monoisotopic (exact) mass is 541 g/mol. The molecular formula is C27H32ClN5O3S. The Morgan fingerprint density at radius 2 is 2.03 bits per heavy atom. The minimum atomic E-state index is -0.177. The van der Waals surface area contributed by atoms with Gasteiger partial charge in [0.1, 0.15) is 22.9 Å². The number of anilines is 1. The highest BCUT2D eigenvalue weighted by atomic mass is 35.5. The van der Waals surface area contributed by atoms with Crippen molar-refractivity contribution in [2.24, 2.45) is 13.0 Å². The third-order valence-electron chi connectivity index (χ3n) is 5.54. The number of aromatic nitrogens is 4. The van der Waals surface area contributed by atoms with Gasteiger partial charge in [0.15, 0.2) is 0 Å². The summed E-state index contributed by atoms with van der Waals surface area (Å²) in [5.41, 5.74) is 2.96. The Labute approximate surface area is 226 Å². The van der Waals surface area contributed by atoms with Crippen LogP contribution in [0.5, 0.6) is 5.75 Å². The van der Waals surface area contributed by atoms with E-state index in [-0.39, 0.29) is 29.6 Å². The molecule has 2 N–H and O–H groups in total. The summed E-state index contributed by atoms with van der Waals surface area (Å²) in [5, 5.41) is 17.5. The molecule has 0 bridgehead atoms. The van der Waals surface area contributed by atoms with Gasteiger partial charge in [-0.2, -0.15) is 5.10 Å². The first-order chi connectivity index (χ1) is 17.5. The SMILES string of the molecule is C[C@@H](CO)COc1cc2ncc(-c3cc(NC(=O)Cc4ccccc4Cl)n(C)n3)n2cc1SC(C)(C)C. The molecule has 4 rings (SSSR count). The Hall–Kier alpha value is -3.01. The molecule has 37 heavy (non-hydrogen) atoms. The minimum Gasteiger partial charge on any atom is -0.492 e. The summed E-state index contributed by atoms with van der Waals surface area (Å²) in [7, 11) is 1.78. The number of aryl methyl sites for hydroxylation is 1. The number of halogens is 1. The van der Waals surface area contributed by atoms with Gasteiger partial charge in [-0.1, -0.05) is 57.5 Å². The molecule has 0 radical (unpaired) electrons. The maximum absolute atomic E-state index is 12.7. The van der Waals surface area contributed by atoms with Crippen LogP contribution in [0, 0.1) is 5.92 Å². The number of hydrogen-bond acceptors (Lipinski definition) is 6. The number of nitrogens with zero attached hydrogens (tertiary/aromatic N) is 4. The topological polar surface area (TPSA) is 93.7 Å². The number of carbonyl (C=O) groups is 1. The molecule has 0 aliphatic carbocycles. The Morgan fingerprint density at radius 3 is 2.73 bits per heavy atom. The molecule has 0 saturated heterocycles. The molecule has 0 fully saturated rings. The van der Waals surface area contributed by atoms with Crippen molar-refractivity contribution in [3.63, 3.8) is 0 Å². The van der Waals surface area contributed by atoms with Crippen LogP contribution in [0.15, 0.2) is 53.7 Å². The number of nitrogens with one attached hydrogen (secondary N) is 1. The van der Waals surface area contributed by atoms with E-state index in [1.807, 2.05) is 47.9 Å². The van der Waals surface area contributed by atoms with Crippen LogP contribution < -0.4 is 10.1 Å². The molecule has 0 spiro atoms. The zero-order valence-electron chi connectivity index (χ0n) is 21.7. The fourth-order valence-corrected chi connectivity index (χ4v) is 4.93. The standard InChI is InChI=1S/C27H32ClN5O3S/c1-17(15-34)16-36-22-12-24-29-13-21(33(24)14-23(22)37-27(2,3)4)20-11-25(32(5)31-20)30-26(35)10-18-8-6-7-9-19(18)28/h6-9,11-14,17,34H,10,15-16H2,1-5H3,(H,30,35)/t17-/m0/s1. The van der Waals surface area contributed by atoms with Gasteiger partial charge in [-0.3, -0.25) is 13.9 Å². The Bertz CT molecular complexity index is 1410. The number of rotatable bonds is 9. The lowest BCUT2D eigenvalue weighted by Gasteiger charge is -2.21. The predicted octanol–water partition coefficient (Wildman–Crippen LogP) is 5.47. The van der Waals surface area contributed by atoms with E-state index in [2.05, 4.69) is 36.2 Å². The molecular weight excluding hydrogens is 510 g/mol. The van der Waals surface area contributed by atoms with Crippen molar-refractivity contribution >= 4 is 40.7 Å². The zero-order valence-corrected chi connectivity index (χ0v) is 23.2. The number of fused-ring (bicyclic) bond motifs is 1. The number of carbonyl (C=O) groups excluding carboxylic acids is 1. The van der Waals surface area contributed by atoms with Gasteiger partial charge < -0.3 is 15.2 Å². The number of imidazole rings is 1. The Kier molecular flexibility index (Phi) is 8.16. The highest BCUT2D eigenvalue weighted by Gasteiger charge is 2.20. The largest absolute Gasteiger partial charge is 0.492 e. The van der Waals surface area contributed by atoms with Crippen molar-refractivity contribution in [3.05, 3.63) is 59.4 Å². The summed E-state index contributed by atoms with van der Waals surface area (Å²) >= 11 is 7.91. The second kappa shape index (κ2) is 11.2. The molecule has 3 heterocycles. The normalized spacial score (nSPS) is 12.6. The van der Waals surface area contributed by atoms with Gasteiger partial charge in [0, 0.05) is 47.7 Å². The predicted molar refractivity (Wildman–Crippen MR) is 149 cm³/mol.